The van der Waals surface area contributed by atoms with Gasteiger partial charge in [0.25, 0.3) is 0 Å². The summed E-state index contributed by atoms with van der Waals surface area (Å²) in [5, 5.41) is 0.765. The lowest BCUT2D eigenvalue weighted by atomic mass is 10.2. The first-order valence-electron chi connectivity index (χ1n) is 5.77. The Kier molecular flexibility index (Phi) is 4.18. The molecule has 0 aliphatic rings. The van der Waals surface area contributed by atoms with Crippen molar-refractivity contribution in [1.82, 2.24) is 9.88 Å². The molecule has 0 aliphatic carbocycles. The molecule has 0 fully saturated rings. The Hall–Kier alpha value is -1.58. The number of hydrogen-bond acceptors (Lipinski definition) is 3. The molecule has 3 nitrogen and oxygen atoms in total. The van der Waals surface area contributed by atoms with Crippen molar-refractivity contribution in [2.24, 2.45) is 0 Å². The molecule has 0 radical (unpaired) electrons. The Morgan fingerprint density at radius 1 is 1.11 bits per heavy atom. The quantitative estimate of drug-likeness (QED) is 0.920. The van der Waals surface area contributed by atoms with E-state index in [1.54, 1.807) is 6.20 Å². The van der Waals surface area contributed by atoms with Crippen LogP contribution < -0.4 is 5.73 Å². The van der Waals surface area contributed by atoms with Crippen molar-refractivity contribution in [1.29, 1.82) is 0 Å². The Morgan fingerprint density at radius 3 is 2.44 bits per heavy atom. The SMILES string of the molecule is CN(Cc1ccc(Cl)cc1)Cc1ccc(N)cn1. The van der Waals surface area contributed by atoms with Crippen LogP contribution in [0.5, 0.6) is 0 Å². The predicted molar refractivity (Wildman–Crippen MR) is 75.3 cm³/mol. The summed E-state index contributed by atoms with van der Waals surface area (Å²) in [5.41, 5.74) is 8.55. The summed E-state index contributed by atoms with van der Waals surface area (Å²) in [6.45, 7) is 1.66. The number of hydrogen-bond donors (Lipinski definition) is 1. The first kappa shape index (κ1) is 12.9. The third-order valence-corrected chi connectivity index (χ3v) is 2.90. The topological polar surface area (TPSA) is 42.1 Å². The molecule has 0 atom stereocenters. The fraction of sp³-hybridized carbons (Fsp3) is 0.214. The van der Waals surface area contributed by atoms with Gasteiger partial charge in [-0.3, -0.25) is 9.88 Å². The van der Waals surface area contributed by atoms with Crippen LogP contribution in [0.25, 0.3) is 0 Å². The van der Waals surface area contributed by atoms with Gasteiger partial charge < -0.3 is 5.73 Å². The molecule has 18 heavy (non-hydrogen) atoms. The Bertz CT molecular complexity index is 446. The van der Waals surface area contributed by atoms with Gasteiger partial charge >= 0.3 is 0 Å². The number of nitrogens with zero attached hydrogens (tertiary/aromatic N) is 2. The summed E-state index contributed by atoms with van der Waals surface area (Å²) in [6, 6.07) is 11.7. The molecule has 0 unspecified atom stereocenters. The minimum Gasteiger partial charge on any atom is -0.397 e. The number of rotatable bonds is 4. The van der Waals surface area contributed by atoms with Crippen LogP contribution in [0.1, 0.15) is 11.3 Å². The van der Waals surface area contributed by atoms with Gasteiger partial charge in [-0.1, -0.05) is 23.7 Å². The van der Waals surface area contributed by atoms with Crippen LogP contribution >= 0.6 is 11.6 Å². The third kappa shape index (κ3) is 3.72. The molecule has 0 bridgehead atoms. The van der Waals surface area contributed by atoms with Gasteiger partial charge in [0, 0.05) is 18.1 Å². The molecular weight excluding hydrogens is 246 g/mol. The van der Waals surface area contributed by atoms with Crippen molar-refractivity contribution in [3.05, 3.63) is 58.9 Å². The molecule has 1 aromatic heterocycles. The second kappa shape index (κ2) is 5.85. The van der Waals surface area contributed by atoms with Crippen LogP contribution in [0.15, 0.2) is 42.6 Å². The van der Waals surface area contributed by atoms with Gasteiger partial charge in [-0.15, -0.1) is 0 Å². The van der Waals surface area contributed by atoms with Crippen molar-refractivity contribution in [3.63, 3.8) is 0 Å². The lowest BCUT2D eigenvalue weighted by Gasteiger charge is -2.16. The zero-order chi connectivity index (χ0) is 13.0. The molecule has 4 heteroatoms. The average Bonchev–Trinajstić information content (AvgIpc) is 2.35. The minimum absolute atomic E-state index is 0.694. The van der Waals surface area contributed by atoms with Gasteiger partial charge in [0.05, 0.1) is 17.6 Å². The minimum atomic E-state index is 0.694. The lowest BCUT2D eigenvalue weighted by molar-refractivity contribution is 0.315. The van der Waals surface area contributed by atoms with Gasteiger partial charge in [-0.2, -0.15) is 0 Å². The number of nitrogen functional groups attached to an aromatic ring is 1. The molecule has 1 heterocycles. The second-order valence-corrected chi connectivity index (χ2v) is 4.82. The Balaban J connectivity index is 1.94. The first-order chi connectivity index (χ1) is 8.63. The highest BCUT2D eigenvalue weighted by Crippen LogP contribution is 2.12. The maximum atomic E-state index is 5.86. The molecule has 2 aromatic rings. The van der Waals surface area contributed by atoms with Crippen molar-refractivity contribution in [2.75, 3.05) is 12.8 Å². The molecule has 0 aliphatic heterocycles. The summed E-state index contributed by atoms with van der Waals surface area (Å²) in [6.07, 6.45) is 1.69. The van der Waals surface area contributed by atoms with E-state index < -0.39 is 0 Å². The van der Waals surface area contributed by atoms with E-state index in [2.05, 4.69) is 16.9 Å². The van der Waals surface area contributed by atoms with Crippen molar-refractivity contribution < 1.29 is 0 Å². The van der Waals surface area contributed by atoms with Gasteiger partial charge in [-0.05, 0) is 36.9 Å². The van der Waals surface area contributed by atoms with E-state index in [1.165, 1.54) is 5.56 Å². The highest BCUT2D eigenvalue weighted by molar-refractivity contribution is 6.30. The van der Waals surface area contributed by atoms with Gasteiger partial charge in [0.15, 0.2) is 0 Å². The van der Waals surface area contributed by atoms with Crippen LogP contribution in [0.3, 0.4) is 0 Å². The van der Waals surface area contributed by atoms with E-state index in [0.29, 0.717) is 5.69 Å². The van der Waals surface area contributed by atoms with E-state index in [0.717, 1.165) is 23.8 Å². The Morgan fingerprint density at radius 2 is 1.83 bits per heavy atom. The van der Waals surface area contributed by atoms with Crippen LogP contribution in [0.2, 0.25) is 5.02 Å². The number of benzene rings is 1. The number of nitrogens with two attached hydrogens (primary N) is 1. The largest absolute Gasteiger partial charge is 0.397 e. The summed E-state index contributed by atoms with van der Waals surface area (Å²) in [4.78, 5) is 6.48. The third-order valence-electron chi connectivity index (χ3n) is 2.65. The highest BCUT2D eigenvalue weighted by atomic mass is 35.5. The molecule has 0 saturated heterocycles. The summed E-state index contributed by atoms with van der Waals surface area (Å²) >= 11 is 5.86. The number of anilines is 1. The maximum Gasteiger partial charge on any atom is 0.0545 e. The zero-order valence-electron chi connectivity index (χ0n) is 10.3. The Labute approximate surface area is 112 Å². The predicted octanol–water partition coefficient (Wildman–Crippen LogP) is 2.95. The van der Waals surface area contributed by atoms with E-state index in [1.807, 2.05) is 36.4 Å². The second-order valence-electron chi connectivity index (χ2n) is 4.38. The van der Waals surface area contributed by atoms with Crippen LogP contribution in [0.4, 0.5) is 5.69 Å². The molecule has 94 valence electrons. The monoisotopic (exact) mass is 261 g/mol. The van der Waals surface area contributed by atoms with Crippen molar-refractivity contribution in [2.45, 2.75) is 13.1 Å². The number of halogens is 1. The average molecular weight is 262 g/mol. The van der Waals surface area contributed by atoms with E-state index >= 15 is 0 Å². The highest BCUT2D eigenvalue weighted by Gasteiger charge is 2.02. The molecule has 0 spiro atoms. The fourth-order valence-electron chi connectivity index (χ4n) is 1.76. The van der Waals surface area contributed by atoms with E-state index in [4.69, 9.17) is 17.3 Å². The molecule has 2 N–H and O–H groups in total. The molecule has 2 rings (SSSR count). The van der Waals surface area contributed by atoms with Crippen LogP contribution in [-0.4, -0.2) is 16.9 Å². The maximum absolute atomic E-state index is 5.86. The number of pyridine rings is 1. The standard InChI is InChI=1S/C14H16ClN3/c1-18(9-11-2-4-12(15)5-3-11)10-14-7-6-13(16)8-17-14/h2-8H,9-10,16H2,1H3. The van der Waals surface area contributed by atoms with E-state index in [-0.39, 0.29) is 0 Å². The van der Waals surface area contributed by atoms with Crippen LogP contribution in [-0.2, 0) is 13.1 Å². The van der Waals surface area contributed by atoms with Gasteiger partial charge in [-0.25, -0.2) is 0 Å². The fourth-order valence-corrected chi connectivity index (χ4v) is 1.89. The number of aromatic nitrogens is 1. The van der Waals surface area contributed by atoms with Crippen molar-refractivity contribution >= 4 is 17.3 Å². The molecule has 1 aromatic carbocycles. The zero-order valence-corrected chi connectivity index (χ0v) is 11.1. The smallest absolute Gasteiger partial charge is 0.0545 e. The molecule has 0 saturated carbocycles. The van der Waals surface area contributed by atoms with Crippen LogP contribution in [0, 0.1) is 0 Å². The molecular formula is C14H16ClN3. The normalized spacial score (nSPS) is 10.8. The lowest BCUT2D eigenvalue weighted by Crippen LogP contribution is -2.17. The summed E-state index contributed by atoms with van der Waals surface area (Å²) < 4.78 is 0. The molecule has 0 amide bonds. The first-order valence-corrected chi connectivity index (χ1v) is 6.14. The summed E-state index contributed by atoms with van der Waals surface area (Å²) in [7, 11) is 2.06. The summed E-state index contributed by atoms with van der Waals surface area (Å²) in [5.74, 6) is 0. The van der Waals surface area contributed by atoms with Crippen molar-refractivity contribution in [3.8, 4) is 0 Å². The van der Waals surface area contributed by atoms with E-state index in [9.17, 15) is 0 Å². The van der Waals surface area contributed by atoms with Gasteiger partial charge in [0.1, 0.15) is 0 Å². The van der Waals surface area contributed by atoms with Gasteiger partial charge in [0.2, 0.25) is 0 Å².